The molecule has 0 aromatic heterocycles. The zero-order chi connectivity index (χ0) is 17.8. The Morgan fingerprint density at radius 2 is 1.42 bits per heavy atom. The predicted molar refractivity (Wildman–Crippen MR) is 117 cm³/mol. The van der Waals surface area contributed by atoms with E-state index in [1.807, 2.05) is 6.07 Å². The molecule has 0 heterocycles. The number of benzene rings is 4. The Morgan fingerprint density at radius 3 is 2.23 bits per heavy atom. The first-order valence-electron chi connectivity index (χ1n) is 8.96. The third-order valence-corrected chi connectivity index (χ3v) is 5.93. The molecule has 4 aromatic carbocycles. The highest BCUT2D eigenvalue weighted by Crippen LogP contribution is 2.25. The van der Waals surface area contributed by atoms with Crippen LogP contribution in [0.3, 0.4) is 0 Å². The predicted octanol–water partition coefficient (Wildman–Crippen LogP) is 5.99. The molecule has 1 heteroatoms. The number of hydrogen-bond donors (Lipinski definition) is 0. The zero-order valence-corrected chi connectivity index (χ0v) is 16.0. The molecule has 0 N–H and O–H groups in total. The highest BCUT2D eigenvalue weighted by Gasteiger charge is 2.01. The first-order valence-corrected chi connectivity index (χ1v) is 11.4. The van der Waals surface area contributed by atoms with Crippen molar-refractivity contribution >= 4 is 36.4 Å². The molecule has 0 nitrogen and oxygen atoms in total. The van der Waals surface area contributed by atoms with Crippen LogP contribution in [0.15, 0.2) is 90.6 Å². The van der Waals surface area contributed by atoms with Crippen molar-refractivity contribution in [3.63, 3.8) is 0 Å². The average Bonchev–Trinajstić information content (AvgIpc) is 2.70. The molecule has 1 unspecified atom stereocenters. The average molecular weight is 349 g/mol. The van der Waals surface area contributed by atoms with Crippen molar-refractivity contribution in [3.05, 3.63) is 102 Å². The monoisotopic (exact) mass is 348 g/mol. The van der Waals surface area contributed by atoms with Crippen molar-refractivity contribution < 1.29 is 0 Å². The van der Waals surface area contributed by atoms with Gasteiger partial charge in [-0.1, -0.05) is 91.0 Å². The van der Waals surface area contributed by atoms with Crippen LogP contribution in [0.5, 0.6) is 0 Å². The van der Waals surface area contributed by atoms with E-state index in [-0.39, 0.29) is 0 Å². The van der Waals surface area contributed by atoms with E-state index in [1.165, 1.54) is 27.1 Å². The standard InChI is InChI=1S/C25H20Si/c1-26(16-14-20-8-3-2-4-9-20)17-15-21-12-7-13-24-18-22-10-5-6-11-23(22)19-25(21)24/h2-14,16,18-19,26H,1H3. The minimum Gasteiger partial charge on any atom is -0.125 e. The molecule has 1 atom stereocenters. The SMILES string of the molecule is C[SiH](C#Cc1cccc2cc3ccccc3cc12)C=Cc1ccccc1. The molecule has 0 saturated heterocycles. The summed E-state index contributed by atoms with van der Waals surface area (Å²) in [6.07, 6.45) is 2.20. The molecular formula is C25H20Si. The van der Waals surface area contributed by atoms with E-state index in [4.69, 9.17) is 0 Å². The van der Waals surface area contributed by atoms with Crippen LogP contribution in [0.4, 0.5) is 0 Å². The molecule has 124 valence electrons. The van der Waals surface area contributed by atoms with Crippen LogP contribution in [0.2, 0.25) is 6.55 Å². The Kier molecular flexibility index (Phi) is 4.69. The molecule has 0 bridgehead atoms. The quantitative estimate of drug-likeness (QED) is 0.237. The molecule has 0 aliphatic carbocycles. The smallest absolute Gasteiger partial charge is 0.125 e. The summed E-state index contributed by atoms with van der Waals surface area (Å²) in [5.41, 5.74) is 8.17. The lowest BCUT2D eigenvalue weighted by Gasteiger charge is -2.04. The number of rotatable bonds is 2. The Hall–Kier alpha value is -3.08. The maximum Gasteiger partial charge on any atom is 0.143 e. The van der Waals surface area contributed by atoms with Gasteiger partial charge in [0.25, 0.3) is 0 Å². The molecule has 4 rings (SSSR count). The summed E-state index contributed by atoms with van der Waals surface area (Å²) in [5, 5.41) is 5.04. The third-order valence-electron chi connectivity index (χ3n) is 4.56. The van der Waals surface area contributed by atoms with Crippen LogP contribution >= 0.6 is 0 Å². The molecule has 0 spiro atoms. The van der Waals surface area contributed by atoms with Gasteiger partial charge in [-0.3, -0.25) is 0 Å². The van der Waals surface area contributed by atoms with E-state index >= 15 is 0 Å². The fourth-order valence-electron chi connectivity index (χ4n) is 3.14. The van der Waals surface area contributed by atoms with Gasteiger partial charge in [-0.25, -0.2) is 0 Å². The summed E-state index contributed by atoms with van der Waals surface area (Å²) in [5.74, 6) is 3.45. The molecule has 4 aromatic rings. The Labute approximate surface area is 156 Å². The molecule has 0 aliphatic rings. The van der Waals surface area contributed by atoms with Gasteiger partial charge in [0.15, 0.2) is 0 Å². The van der Waals surface area contributed by atoms with Crippen LogP contribution < -0.4 is 0 Å². The van der Waals surface area contributed by atoms with Crippen molar-refractivity contribution in [2.45, 2.75) is 6.55 Å². The van der Waals surface area contributed by atoms with E-state index in [0.717, 1.165) is 5.56 Å². The second kappa shape index (κ2) is 7.43. The van der Waals surface area contributed by atoms with Crippen molar-refractivity contribution in [2.75, 3.05) is 0 Å². The molecular weight excluding hydrogens is 328 g/mol. The molecule has 26 heavy (non-hydrogen) atoms. The van der Waals surface area contributed by atoms with E-state index in [9.17, 15) is 0 Å². The lowest BCUT2D eigenvalue weighted by Crippen LogP contribution is -1.98. The first kappa shape index (κ1) is 16.4. The lowest BCUT2D eigenvalue weighted by molar-refractivity contribution is 1.66. The maximum absolute atomic E-state index is 3.51. The molecule has 0 radical (unpaired) electrons. The van der Waals surface area contributed by atoms with E-state index in [0.29, 0.717) is 0 Å². The highest BCUT2D eigenvalue weighted by molar-refractivity contribution is 6.71. The summed E-state index contributed by atoms with van der Waals surface area (Å²) in [7, 11) is -1.21. The van der Waals surface area contributed by atoms with Crippen LogP contribution in [0, 0.1) is 11.5 Å². The molecule has 0 saturated carbocycles. The molecule has 0 fully saturated rings. The van der Waals surface area contributed by atoms with Gasteiger partial charge in [-0.05, 0) is 45.3 Å². The normalized spacial score (nSPS) is 12.2. The largest absolute Gasteiger partial charge is 0.143 e. The summed E-state index contributed by atoms with van der Waals surface area (Å²) in [6.45, 7) is 2.27. The Balaban J connectivity index is 1.66. The van der Waals surface area contributed by atoms with Crippen molar-refractivity contribution in [2.24, 2.45) is 0 Å². The van der Waals surface area contributed by atoms with Gasteiger partial charge in [0, 0.05) is 5.56 Å². The summed E-state index contributed by atoms with van der Waals surface area (Å²) in [4.78, 5) is 0. The van der Waals surface area contributed by atoms with Crippen LogP contribution in [0.25, 0.3) is 27.6 Å². The molecule has 0 aliphatic heterocycles. The minimum absolute atomic E-state index is 1.13. The maximum atomic E-state index is 3.51. The van der Waals surface area contributed by atoms with Crippen molar-refractivity contribution in [3.8, 4) is 11.5 Å². The summed E-state index contributed by atoms with van der Waals surface area (Å²) >= 11 is 0. The summed E-state index contributed by atoms with van der Waals surface area (Å²) in [6, 6.07) is 29.9. The van der Waals surface area contributed by atoms with Gasteiger partial charge in [0.05, 0.1) is 0 Å². The Bertz CT molecular complexity index is 1140. The van der Waals surface area contributed by atoms with Gasteiger partial charge in [0.1, 0.15) is 8.80 Å². The van der Waals surface area contributed by atoms with Crippen molar-refractivity contribution in [1.29, 1.82) is 0 Å². The van der Waals surface area contributed by atoms with E-state index in [1.54, 1.807) is 0 Å². The van der Waals surface area contributed by atoms with Gasteiger partial charge in [-0.2, -0.15) is 0 Å². The first-order chi connectivity index (χ1) is 12.8. The van der Waals surface area contributed by atoms with Crippen LogP contribution in [0.1, 0.15) is 11.1 Å². The fourth-order valence-corrected chi connectivity index (χ4v) is 4.13. The van der Waals surface area contributed by atoms with Gasteiger partial charge in [-0.15, -0.1) is 5.54 Å². The fraction of sp³-hybridized carbons (Fsp3) is 0.0400. The third kappa shape index (κ3) is 3.61. The number of fused-ring (bicyclic) bond motifs is 2. The number of hydrogen-bond acceptors (Lipinski definition) is 0. The van der Waals surface area contributed by atoms with Crippen LogP contribution in [-0.4, -0.2) is 8.80 Å². The van der Waals surface area contributed by atoms with Gasteiger partial charge in [0.2, 0.25) is 0 Å². The minimum atomic E-state index is -1.21. The second-order valence-corrected chi connectivity index (χ2v) is 8.80. The van der Waals surface area contributed by atoms with Crippen molar-refractivity contribution in [1.82, 2.24) is 0 Å². The van der Waals surface area contributed by atoms with E-state index < -0.39 is 8.80 Å². The lowest BCUT2D eigenvalue weighted by atomic mass is 10.0. The van der Waals surface area contributed by atoms with Gasteiger partial charge < -0.3 is 0 Å². The Morgan fingerprint density at radius 1 is 0.731 bits per heavy atom. The highest BCUT2D eigenvalue weighted by atomic mass is 28.3. The van der Waals surface area contributed by atoms with E-state index in [2.05, 4.69) is 109 Å². The van der Waals surface area contributed by atoms with Gasteiger partial charge >= 0.3 is 0 Å². The van der Waals surface area contributed by atoms with Crippen LogP contribution in [-0.2, 0) is 0 Å². The second-order valence-electron chi connectivity index (χ2n) is 6.55. The topological polar surface area (TPSA) is 0 Å². The zero-order valence-electron chi connectivity index (χ0n) is 14.8. The summed E-state index contributed by atoms with van der Waals surface area (Å²) < 4.78 is 0. The molecule has 0 amide bonds.